The number of carbonyl (C=O) groups is 1. The van der Waals surface area contributed by atoms with E-state index in [1.54, 1.807) is 12.3 Å². The number of fused-ring (bicyclic) bond motifs is 1. The number of anilines is 1. The highest BCUT2D eigenvalue weighted by Crippen LogP contribution is 2.18. The molecule has 72 valence electrons. The standard InChI is InChI=1S/C7H6N4O3/c12-7(11(13)14)6-3-5-4(9-10-6)1-2-8-5/h1-2,8-9H,3H2. The zero-order valence-electron chi connectivity index (χ0n) is 6.98. The van der Waals surface area contributed by atoms with E-state index in [-0.39, 0.29) is 12.1 Å². The minimum atomic E-state index is -1.17. The number of rotatable bonds is 1. The fourth-order valence-electron chi connectivity index (χ4n) is 1.22. The molecule has 1 aromatic rings. The molecule has 1 aliphatic heterocycles. The van der Waals surface area contributed by atoms with E-state index >= 15 is 0 Å². The SMILES string of the molecule is O=C(C1=NNc2cc[nH]c2C1)[N+](=O)[O-]. The Morgan fingerprint density at radius 1 is 1.64 bits per heavy atom. The molecule has 0 aliphatic carbocycles. The molecule has 2 rings (SSSR count). The van der Waals surface area contributed by atoms with Crippen molar-refractivity contribution in [2.45, 2.75) is 6.42 Å². The number of hydrogen-bond acceptors (Lipinski definition) is 5. The highest BCUT2D eigenvalue weighted by atomic mass is 16.6. The zero-order valence-corrected chi connectivity index (χ0v) is 6.98. The Morgan fingerprint density at radius 2 is 2.43 bits per heavy atom. The van der Waals surface area contributed by atoms with Gasteiger partial charge in [-0.05, 0) is 6.07 Å². The number of aromatic nitrogens is 1. The molecule has 1 aliphatic rings. The van der Waals surface area contributed by atoms with E-state index in [2.05, 4.69) is 15.5 Å². The Morgan fingerprint density at radius 3 is 3.14 bits per heavy atom. The van der Waals surface area contributed by atoms with E-state index in [0.717, 1.165) is 11.4 Å². The predicted octanol–water partition coefficient (Wildman–Crippen LogP) is 0.142. The number of aromatic amines is 1. The lowest BCUT2D eigenvalue weighted by Gasteiger charge is -2.09. The number of nitrogens with zero attached hydrogens (tertiary/aromatic N) is 2. The molecule has 0 aromatic carbocycles. The molecule has 2 N–H and O–H groups in total. The Hall–Kier alpha value is -2.18. The maximum Gasteiger partial charge on any atom is 0.492 e. The summed E-state index contributed by atoms with van der Waals surface area (Å²) in [5.74, 6) is -1.17. The van der Waals surface area contributed by atoms with E-state index < -0.39 is 10.8 Å². The molecule has 0 fully saturated rings. The van der Waals surface area contributed by atoms with E-state index in [1.807, 2.05) is 0 Å². The summed E-state index contributed by atoms with van der Waals surface area (Å²) in [5, 5.41) is 13.8. The van der Waals surface area contributed by atoms with Gasteiger partial charge in [0.1, 0.15) is 4.92 Å². The van der Waals surface area contributed by atoms with Crippen molar-refractivity contribution in [1.29, 1.82) is 0 Å². The van der Waals surface area contributed by atoms with Crippen LogP contribution in [0.25, 0.3) is 0 Å². The van der Waals surface area contributed by atoms with Crippen molar-refractivity contribution in [3.05, 3.63) is 28.1 Å². The van der Waals surface area contributed by atoms with Crippen LogP contribution in [0.15, 0.2) is 17.4 Å². The highest BCUT2D eigenvalue weighted by molar-refractivity contribution is 6.36. The van der Waals surface area contributed by atoms with E-state index in [9.17, 15) is 14.9 Å². The largest absolute Gasteiger partial charge is 0.492 e. The second-order valence-corrected chi connectivity index (χ2v) is 2.78. The first kappa shape index (κ1) is 8.42. The molecule has 0 bridgehead atoms. The van der Waals surface area contributed by atoms with Crippen LogP contribution in [-0.2, 0) is 11.2 Å². The Labute approximate surface area is 78.0 Å². The van der Waals surface area contributed by atoms with Gasteiger partial charge in [-0.3, -0.25) is 15.5 Å². The first-order valence-corrected chi connectivity index (χ1v) is 3.86. The fourth-order valence-corrected chi connectivity index (χ4v) is 1.22. The van der Waals surface area contributed by atoms with Crippen molar-refractivity contribution in [2.24, 2.45) is 5.10 Å². The van der Waals surface area contributed by atoms with Gasteiger partial charge in [-0.25, -0.2) is 4.79 Å². The lowest BCUT2D eigenvalue weighted by Crippen LogP contribution is -2.28. The van der Waals surface area contributed by atoms with Crippen LogP contribution in [0.5, 0.6) is 0 Å². The summed E-state index contributed by atoms with van der Waals surface area (Å²) >= 11 is 0. The van der Waals surface area contributed by atoms with Crippen LogP contribution in [0.3, 0.4) is 0 Å². The molecule has 1 amide bonds. The summed E-state index contributed by atoms with van der Waals surface area (Å²) in [5.41, 5.74) is 3.93. The molecule has 1 aromatic heterocycles. The molecule has 0 spiro atoms. The normalized spacial score (nSPS) is 13.9. The summed E-state index contributed by atoms with van der Waals surface area (Å²) < 4.78 is 0. The quantitative estimate of drug-likeness (QED) is 0.490. The summed E-state index contributed by atoms with van der Waals surface area (Å²) in [6.45, 7) is 0. The van der Waals surface area contributed by atoms with Crippen molar-refractivity contribution in [3.63, 3.8) is 0 Å². The molecular formula is C7H6N4O3. The number of hydrazone groups is 1. The van der Waals surface area contributed by atoms with E-state index in [0.29, 0.717) is 0 Å². The molecule has 7 nitrogen and oxygen atoms in total. The zero-order chi connectivity index (χ0) is 10.1. The van der Waals surface area contributed by atoms with Crippen molar-refractivity contribution >= 4 is 17.3 Å². The number of nitro groups is 1. The third kappa shape index (κ3) is 1.24. The highest BCUT2D eigenvalue weighted by Gasteiger charge is 2.27. The van der Waals surface area contributed by atoms with Gasteiger partial charge in [0.25, 0.3) is 0 Å². The van der Waals surface area contributed by atoms with Crippen LogP contribution in [0.1, 0.15) is 5.69 Å². The smallest absolute Gasteiger partial charge is 0.363 e. The van der Waals surface area contributed by atoms with Crippen LogP contribution in [-0.4, -0.2) is 21.5 Å². The summed E-state index contributed by atoms with van der Waals surface area (Å²) in [6.07, 6.45) is 1.84. The van der Waals surface area contributed by atoms with Gasteiger partial charge in [0, 0.05) is 18.3 Å². The van der Waals surface area contributed by atoms with E-state index in [1.165, 1.54) is 0 Å². The molecule has 14 heavy (non-hydrogen) atoms. The molecule has 7 heteroatoms. The second kappa shape index (κ2) is 2.95. The van der Waals surface area contributed by atoms with Crippen molar-refractivity contribution in [3.8, 4) is 0 Å². The number of nitrogens with one attached hydrogen (secondary N) is 2. The maximum atomic E-state index is 10.9. The number of amides is 1. The number of hydrogen-bond donors (Lipinski definition) is 2. The van der Waals surface area contributed by atoms with Gasteiger partial charge in [-0.15, -0.1) is 0 Å². The van der Waals surface area contributed by atoms with Crippen molar-refractivity contribution in [1.82, 2.24) is 4.98 Å². The minimum Gasteiger partial charge on any atom is -0.363 e. The minimum absolute atomic E-state index is 0.0926. The van der Waals surface area contributed by atoms with Gasteiger partial charge < -0.3 is 4.98 Å². The Kier molecular flexibility index (Phi) is 1.77. The first-order chi connectivity index (χ1) is 6.68. The van der Waals surface area contributed by atoms with Gasteiger partial charge in [0.15, 0.2) is 5.71 Å². The fraction of sp³-hybridized carbons (Fsp3) is 0.143. The van der Waals surface area contributed by atoms with Gasteiger partial charge in [0.2, 0.25) is 0 Å². The van der Waals surface area contributed by atoms with Crippen molar-refractivity contribution in [2.75, 3.05) is 5.43 Å². The van der Waals surface area contributed by atoms with Crippen molar-refractivity contribution < 1.29 is 9.72 Å². The molecule has 0 saturated heterocycles. The molecule has 2 heterocycles. The number of H-pyrrole nitrogens is 1. The average molecular weight is 194 g/mol. The summed E-state index contributed by atoms with van der Waals surface area (Å²) in [6, 6.07) is 1.74. The lowest BCUT2D eigenvalue weighted by atomic mass is 10.1. The Balaban J connectivity index is 2.23. The monoisotopic (exact) mass is 194 g/mol. The molecule has 0 unspecified atom stereocenters. The van der Waals surface area contributed by atoms with Gasteiger partial charge >= 0.3 is 5.91 Å². The number of carbonyl (C=O) groups excluding carboxylic acids is 1. The average Bonchev–Trinajstić information content (AvgIpc) is 2.62. The maximum absolute atomic E-state index is 10.9. The summed E-state index contributed by atoms with van der Waals surface area (Å²) in [7, 11) is 0. The van der Waals surface area contributed by atoms with Crippen LogP contribution in [0, 0.1) is 10.1 Å². The predicted molar refractivity (Wildman–Crippen MR) is 47.6 cm³/mol. The molecule has 0 radical (unpaired) electrons. The van der Waals surface area contributed by atoms with Crippen LogP contribution in [0.2, 0.25) is 0 Å². The third-order valence-electron chi connectivity index (χ3n) is 1.90. The van der Waals surface area contributed by atoms with Gasteiger partial charge in [0.05, 0.1) is 5.69 Å². The van der Waals surface area contributed by atoms with Crippen LogP contribution in [0.4, 0.5) is 5.69 Å². The second-order valence-electron chi connectivity index (χ2n) is 2.78. The van der Waals surface area contributed by atoms with Gasteiger partial charge in [-0.2, -0.15) is 5.10 Å². The van der Waals surface area contributed by atoms with E-state index in [4.69, 9.17) is 0 Å². The van der Waals surface area contributed by atoms with Crippen LogP contribution >= 0.6 is 0 Å². The lowest BCUT2D eigenvalue weighted by molar-refractivity contribution is -0.393. The van der Waals surface area contributed by atoms with Gasteiger partial charge in [-0.1, -0.05) is 0 Å². The third-order valence-corrected chi connectivity index (χ3v) is 1.90. The summed E-state index contributed by atoms with van der Waals surface area (Å²) in [4.78, 5) is 23.0. The van der Waals surface area contributed by atoms with Crippen LogP contribution < -0.4 is 5.43 Å². The topological polar surface area (TPSA) is 100 Å². The molecule has 0 atom stereocenters. The Bertz CT molecular complexity index is 434. The first-order valence-electron chi connectivity index (χ1n) is 3.86. The molecular weight excluding hydrogens is 188 g/mol. The molecule has 0 saturated carbocycles.